The maximum Gasteiger partial charge on any atom is 0.324 e. The molecule has 0 saturated carbocycles. The third kappa shape index (κ3) is 5.25. The first-order valence-corrected chi connectivity index (χ1v) is 8.65. The molecular weight excluding hydrogens is 368 g/mol. The highest BCUT2D eigenvalue weighted by Crippen LogP contribution is 2.37. The number of esters is 3. The maximum atomic E-state index is 12.6. The highest BCUT2D eigenvalue weighted by molar-refractivity contribution is 5.98. The quantitative estimate of drug-likeness (QED) is 0.396. The van der Waals surface area contributed by atoms with Crippen LogP contribution in [-0.4, -0.2) is 44.5 Å². The van der Waals surface area contributed by atoms with Crippen molar-refractivity contribution in [1.29, 1.82) is 0 Å². The fraction of sp³-hybridized carbons (Fsp3) is 0.450. The van der Waals surface area contributed by atoms with E-state index in [4.69, 9.17) is 23.7 Å². The molecule has 8 nitrogen and oxygen atoms in total. The lowest BCUT2D eigenvalue weighted by Gasteiger charge is -2.35. The Kier molecular flexibility index (Phi) is 6.66. The van der Waals surface area contributed by atoms with Crippen molar-refractivity contribution in [2.75, 3.05) is 20.8 Å². The number of hydrogen-bond acceptors (Lipinski definition) is 8. The van der Waals surface area contributed by atoms with Gasteiger partial charge < -0.3 is 23.7 Å². The molecule has 1 aromatic carbocycles. The second-order valence-corrected chi connectivity index (χ2v) is 6.62. The summed E-state index contributed by atoms with van der Waals surface area (Å²) >= 11 is 0. The van der Waals surface area contributed by atoms with Crippen LogP contribution >= 0.6 is 0 Å². The first-order valence-electron chi connectivity index (χ1n) is 8.65. The molecule has 8 heteroatoms. The van der Waals surface area contributed by atoms with Crippen LogP contribution in [0.1, 0.15) is 32.3 Å². The minimum absolute atomic E-state index is 0.00472. The largest absolute Gasteiger partial charge is 0.497 e. The first kappa shape index (κ1) is 21.3. The molecule has 1 aliphatic heterocycles. The number of carbonyl (C=O) groups is 3. The predicted molar refractivity (Wildman–Crippen MR) is 97.8 cm³/mol. The van der Waals surface area contributed by atoms with E-state index in [1.165, 1.54) is 35.0 Å². The molecular formula is C20H24O8. The van der Waals surface area contributed by atoms with Crippen molar-refractivity contribution in [3.8, 4) is 11.5 Å². The number of carbonyl (C=O) groups excluding carboxylic acids is 3. The van der Waals surface area contributed by atoms with Gasteiger partial charge in [-0.25, -0.2) is 0 Å². The molecule has 0 aromatic heterocycles. The van der Waals surface area contributed by atoms with E-state index in [2.05, 4.69) is 0 Å². The van der Waals surface area contributed by atoms with Gasteiger partial charge in [-0.2, -0.15) is 0 Å². The molecule has 0 aliphatic carbocycles. The SMILES string of the molecule is COc1cc(OC)cc(C(/C=C/COC(C)=O)C2C(=O)OC(C)(C)OC2=O)c1. The number of ether oxygens (including phenoxy) is 5. The first-order chi connectivity index (χ1) is 13.2. The van der Waals surface area contributed by atoms with Crippen molar-refractivity contribution in [3.05, 3.63) is 35.9 Å². The van der Waals surface area contributed by atoms with Gasteiger partial charge in [-0.05, 0) is 17.7 Å². The van der Waals surface area contributed by atoms with E-state index in [1.54, 1.807) is 30.4 Å². The fourth-order valence-corrected chi connectivity index (χ4v) is 2.83. The Morgan fingerprint density at radius 3 is 2.11 bits per heavy atom. The predicted octanol–water partition coefficient (Wildman–Crippen LogP) is 2.36. The van der Waals surface area contributed by atoms with Crippen molar-refractivity contribution in [2.45, 2.75) is 32.5 Å². The molecule has 1 heterocycles. The highest BCUT2D eigenvalue weighted by atomic mass is 16.7. The summed E-state index contributed by atoms with van der Waals surface area (Å²) in [7, 11) is 2.99. The Morgan fingerprint density at radius 1 is 1.11 bits per heavy atom. The van der Waals surface area contributed by atoms with Crippen LogP contribution in [0.25, 0.3) is 0 Å². The molecule has 0 amide bonds. The van der Waals surface area contributed by atoms with Gasteiger partial charge in [0.25, 0.3) is 5.79 Å². The van der Waals surface area contributed by atoms with Crippen LogP contribution in [-0.2, 0) is 28.6 Å². The van der Waals surface area contributed by atoms with Crippen molar-refractivity contribution in [1.82, 2.24) is 0 Å². The smallest absolute Gasteiger partial charge is 0.324 e. The highest BCUT2D eigenvalue weighted by Gasteiger charge is 2.47. The monoisotopic (exact) mass is 392 g/mol. The minimum Gasteiger partial charge on any atom is -0.497 e. The zero-order valence-corrected chi connectivity index (χ0v) is 16.5. The Balaban J connectivity index is 2.44. The third-order valence-corrected chi connectivity index (χ3v) is 4.04. The molecule has 0 bridgehead atoms. The molecule has 1 fully saturated rings. The summed E-state index contributed by atoms with van der Waals surface area (Å²) in [4.78, 5) is 36.1. The average molecular weight is 392 g/mol. The van der Waals surface area contributed by atoms with Crippen LogP contribution in [0.3, 0.4) is 0 Å². The van der Waals surface area contributed by atoms with Crippen LogP contribution in [0, 0.1) is 5.92 Å². The lowest BCUT2D eigenvalue weighted by Crippen LogP contribution is -2.48. The molecule has 0 radical (unpaired) electrons. The minimum atomic E-state index is -1.33. The zero-order chi connectivity index (χ0) is 20.9. The molecule has 1 saturated heterocycles. The lowest BCUT2D eigenvalue weighted by molar-refractivity contribution is -0.240. The summed E-state index contributed by atoms with van der Waals surface area (Å²) in [5.41, 5.74) is 0.578. The average Bonchev–Trinajstić information content (AvgIpc) is 2.61. The van der Waals surface area contributed by atoms with E-state index >= 15 is 0 Å². The van der Waals surface area contributed by atoms with E-state index in [9.17, 15) is 14.4 Å². The number of allylic oxidation sites excluding steroid dienone is 1. The molecule has 1 aromatic rings. The second-order valence-electron chi connectivity index (χ2n) is 6.62. The standard InChI is InChI=1S/C20H24O8/c1-12(21)26-8-6-7-16(13-9-14(24-4)11-15(10-13)25-5)17-18(22)27-20(2,3)28-19(17)23/h6-7,9-11,16-17H,8H2,1-5H3/b7-6+. The van der Waals surface area contributed by atoms with Gasteiger partial charge in [0.05, 0.1) is 14.2 Å². The molecule has 28 heavy (non-hydrogen) atoms. The van der Waals surface area contributed by atoms with E-state index < -0.39 is 35.5 Å². The van der Waals surface area contributed by atoms with E-state index in [1.807, 2.05) is 0 Å². The molecule has 152 valence electrons. The van der Waals surface area contributed by atoms with E-state index in [-0.39, 0.29) is 6.61 Å². The van der Waals surface area contributed by atoms with Crippen LogP contribution < -0.4 is 9.47 Å². The van der Waals surface area contributed by atoms with Crippen LogP contribution in [0.15, 0.2) is 30.4 Å². The van der Waals surface area contributed by atoms with Gasteiger partial charge in [-0.3, -0.25) is 14.4 Å². The number of rotatable bonds is 7. The molecule has 1 unspecified atom stereocenters. The van der Waals surface area contributed by atoms with Gasteiger partial charge in [-0.15, -0.1) is 0 Å². The summed E-state index contributed by atoms with van der Waals surface area (Å²) in [5, 5.41) is 0. The summed E-state index contributed by atoms with van der Waals surface area (Å²) in [5.74, 6) is -4.16. The lowest BCUT2D eigenvalue weighted by atomic mass is 9.84. The summed E-state index contributed by atoms with van der Waals surface area (Å²) in [6, 6.07) is 5.04. The van der Waals surface area contributed by atoms with Gasteiger partial charge in [0.2, 0.25) is 0 Å². The number of methoxy groups -OCH3 is 2. The Bertz CT molecular complexity index is 738. The van der Waals surface area contributed by atoms with Gasteiger partial charge in [0.15, 0.2) is 5.92 Å². The molecule has 0 spiro atoms. The van der Waals surface area contributed by atoms with Crippen LogP contribution in [0.2, 0.25) is 0 Å². The number of benzene rings is 1. The third-order valence-electron chi connectivity index (χ3n) is 4.04. The number of hydrogen-bond donors (Lipinski definition) is 0. The van der Waals surface area contributed by atoms with Gasteiger partial charge in [-0.1, -0.05) is 12.2 Å². The van der Waals surface area contributed by atoms with Crippen molar-refractivity contribution < 1.29 is 38.1 Å². The summed E-state index contributed by atoms with van der Waals surface area (Å²) < 4.78 is 25.9. The van der Waals surface area contributed by atoms with E-state index in [0.717, 1.165) is 0 Å². The van der Waals surface area contributed by atoms with Crippen LogP contribution in [0.5, 0.6) is 11.5 Å². The topological polar surface area (TPSA) is 97.4 Å². The van der Waals surface area contributed by atoms with Gasteiger partial charge in [0.1, 0.15) is 18.1 Å². The molecule has 0 N–H and O–H groups in total. The normalized spacial score (nSPS) is 17.6. The summed E-state index contributed by atoms with van der Waals surface area (Å²) in [6.45, 7) is 4.25. The number of cyclic esters (lactones) is 2. The van der Waals surface area contributed by atoms with Crippen molar-refractivity contribution in [3.63, 3.8) is 0 Å². The van der Waals surface area contributed by atoms with Gasteiger partial charge >= 0.3 is 17.9 Å². The molecule has 1 aliphatic rings. The summed E-state index contributed by atoms with van der Waals surface area (Å²) in [6.07, 6.45) is 3.15. The van der Waals surface area contributed by atoms with Crippen molar-refractivity contribution in [2.24, 2.45) is 5.92 Å². The molecule has 2 rings (SSSR count). The van der Waals surface area contributed by atoms with Crippen LogP contribution in [0.4, 0.5) is 0 Å². The Hall–Kier alpha value is -3.03. The van der Waals surface area contributed by atoms with E-state index in [0.29, 0.717) is 17.1 Å². The second kappa shape index (κ2) is 8.77. The fourth-order valence-electron chi connectivity index (χ4n) is 2.83. The van der Waals surface area contributed by atoms with Gasteiger partial charge in [0, 0.05) is 32.8 Å². The Labute approximate surface area is 163 Å². The zero-order valence-electron chi connectivity index (χ0n) is 16.5. The maximum absolute atomic E-state index is 12.6. The Morgan fingerprint density at radius 2 is 1.64 bits per heavy atom. The van der Waals surface area contributed by atoms with Crippen molar-refractivity contribution >= 4 is 17.9 Å². The molecule has 1 atom stereocenters.